The van der Waals surface area contributed by atoms with Crippen molar-refractivity contribution in [3.8, 4) is 0 Å². The van der Waals surface area contributed by atoms with Gasteiger partial charge in [-0.05, 0) is 18.6 Å². The van der Waals surface area contributed by atoms with Crippen molar-refractivity contribution in [2.24, 2.45) is 0 Å². The van der Waals surface area contributed by atoms with Crippen molar-refractivity contribution in [2.45, 2.75) is 20.3 Å². The maximum atomic E-state index is 11.7. The molecule has 0 atom stereocenters. The van der Waals surface area contributed by atoms with Crippen LogP contribution in [0.15, 0.2) is 47.3 Å². The summed E-state index contributed by atoms with van der Waals surface area (Å²) >= 11 is 0. The summed E-state index contributed by atoms with van der Waals surface area (Å²) in [4.78, 5) is 11.7. The second-order valence-corrected chi connectivity index (χ2v) is 4.10. The summed E-state index contributed by atoms with van der Waals surface area (Å²) in [6.45, 7) is 2.49. The molecule has 0 aliphatic carbocycles. The van der Waals surface area contributed by atoms with Gasteiger partial charge in [-0.25, -0.2) is 0 Å². The number of anilines is 1. The Kier molecular flexibility index (Phi) is 3.79. The van der Waals surface area contributed by atoms with E-state index in [9.17, 15) is 4.79 Å². The molecule has 94 valence electrons. The summed E-state index contributed by atoms with van der Waals surface area (Å²) in [5.41, 5.74) is 8.06. The van der Waals surface area contributed by atoms with E-state index in [1.165, 1.54) is 10.6 Å². The number of pyridine rings is 1. The van der Waals surface area contributed by atoms with Gasteiger partial charge in [0, 0.05) is 11.8 Å². The van der Waals surface area contributed by atoms with Gasteiger partial charge in [-0.15, -0.1) is 0 Å². The van der Waals surface area contributed by atoms with Crippen molar-refractivity contribution in [1.29, 1.82) is 0 Å². The Balaban J connectivity index is 2.03. The van der Waals surface area contributed by atoms with E-state index in [0.717, 1.165) is 11.3 Å². The molecule has 0 spiro atoms. The lowest BCUT2D eigenvalue weighted by Crippen LogP contribution is -2.23. The minimum absolute atomic E-state index is 0.102. The number of hydrogen-bond acceptors (Lipinski definition) is 3. The Bertz CT molecular complexity index is 576. The topological polar surface area (TPSA) is 57.2 Å². The number of nitrogens with two attached hydrogens (primary N) is 1. The number of hydrogen-bond donors (Lipinski definition) is 1. The molecule has 4 heteroatoms. The second-order valence-electron chi connectivity index (χ2n) is 4.10. The SMILES string of the molecule is Cc1c(N)ccc(=O)n1COCc1ccccc1. The van der Waals surface area contributed by atoms with Crippen molar-refractivity contribution in [1.82, 2.24) is 4.57 Å². The van der Waals surface area contributed by atoms with E-state index in [4.69, 9.17) is 10.5 Å². The molecule has 0 radical (unpaired) electrons. The van der Waals surface area contributed by atoms with E-state index in [0.29, 0.717) is 12.3 Å². The van der Waals surface area contributed by atoms with Crippen LogP contribution >= 0.6 is 0 Å². The quantitative estimate of drug-likeness (QED) is 0.893. The van der Waals surface area contributed by atoms with Crippen molar-refractivity contribution < 1.29 is 4.74 Å². The van der Waals surface area contributed by atoms with Gasteiger partial charge in [0.1, 0.15) is 6.73 Å². The number of aromatic nitrogens is 1. The molecular formula is C14H16N2O2. The molecule has 0 amide bonds. The van der Waals surface area contributed by atoms with Crippen LogP contribution in [0.3, 0.4) is 0 Å². The molecule has 4 nitrogen and oxygen atoms in total. The first-order valence-electron chi connectivity index (χ1n) is 5.76. The lowest BCUT2D eigenvalue weighted by Gasteiger charge is -2.12. The normalized spacial score (nSPS) is 10.5. The van der Waals surface area contributed by atoms with Gasteiger partial charge in [-0.1, -0.05) is 30.3 Å². The summed E-state index contributed by atoms with van der Waals surface area (Å²) in [5.74, 6) is 0. The predicted molar refractivity (Wildman–Crippen MR) is 71.1 cm³/mol. The first-order valence-corrected chi connectivity index (χ1v) is 5.76. The highest BCUT2D eigenvalue weighted by Gasteiger charge is 2.03. The van der Waals surface area contributed by atoms with Gasteiger partial charge in [-0.2, -0.15) is 0 Å². The summed E-state index contributed by atoms with van der Waals surface area (Å²) in [5, 5.41) is 0. The third-order valence-electron chi connectivity index (χ3n) is 2.83. The Morgan fingerprint density at radius 3 is 2.61 bits per heavy atom. The summed E-state index contributed by atoms with van der Waals surface area (Å²) in [6, 6.07) is 12.9. The third-order valence-corrected chi connectivity index (χ3v) is 2.83. The van der Waals surface area contributed by atoms with E-state index in [2.05, 4.69) is 0 Å². The van der Waals surface area contributed by atoms with Gasteiger partial charge in [0.25, 0.3) is 5.56 Å². The molecular weight excluding hydrogens is 228 g/mol. The van der Waals surface area contributed by atoms with E-state index in [-0.39, 0.29) is 12.3 Å². The first-order chi connectivity index (χ1) is 8.68. The van der Waals surface area contributed by atoms with Crippen molar-refractivity contribution in [2.75, 3.05) is 5.73 Å². The van der Waals surface area contributed by atoms with Crippen molar-refractivity contribution in [3.63, 3.8) is 0 Å². The molecule has 2 aromatic rings. The molecule has 1 aromatic heterocycles. The fourth-order valence-corrected chi connectivity index (χ4v) is 1.68. The largest absolute Gasteiger partial charge is 0.397 e. The van der Waals surface area contributed by atoms with E-state index < -0.39 is 0 Å². The highest BCUT2D eigenvalue weighted by atomic mass is 16.5. The van der Waals surface area contributed by atoms with Crippen LogP contribution in [0.4, 0.5) is 5.69 Å². The minimum Gasteiger partial charge on any atom is -0.397 e. The standard InChI is InChI=1S/C14H16N2O2/c1-11-13(15)7-8-14(17)16(11)10-18-9-12-5-3-2-4-6-12/h2-8H,9-10,15H2,1H3. The number of rotatable bonds is 4. The highest BCUT2D eigenvalue weighted by molar-refractivity contribution is 5.41. The molecule has 0 aliphatic rings. The molecule has 0 unspecified atom stereocenters. The Morgan fingerprint density at radius 1 is 1.17 bits per heavy atom. The fourth-order valence-electron chi connectivity index (χ4n) is 1.68. The van der Waals surface area contributed by atoms with Gasteiger partial charge >= 0.3 is 0 Å². The van der Waals surface area contributed by atoms with E-state index >= 15 is 0 Å². The maximum absolute atomic E-state index is 11.7. The zero-order chi connectivity index (χ0) is 13.0. The third kappa shape index (κ3) is 2.78. The van der Waals surface area contributed by atoms with Crippen LogP contribution < -0.4 is 11.3 Å². The number of benzene rings is 1. The van der Waals surface area contributed by atoms with Crippen LogP contribution in [0, 0.1) is 6.92 Å². The average molecular weight is 244 g/mol. The molecule has 18 heavy (non-hydrogen) atoms. The molecule has 0 saturated carbocycles. The van der Waals surface area contributed by atoms with Gasteiger partial charge < -0.3 is 10.5 Å². The zero-order valence-electron chi connectivity index (χ0n) is 10.3. The highest BCUT2D eigenvalue weighted by Crippen LogP contribution is 2.07. The molecule has 2 rings (SSSR count). The summed E-state index contributed by atoms with van der Waals surface area (Å²) in [7, 11) is 0. The zero-order valence-corrected chi connectivity index (χ0v) is 10.3. The van der Waals surface area contributed by atoms with Crippen molar-refractivity contribution in [3.05, 3.63) is 64.1 Å². The Labute approximate surface area is 106 Å². The number of ether oxygens (including phenoxy) is 1. The Hall–Kier alpha value is -2.07. The van der Waals surface area contributed by atoms with Crippen LogP contribution in [0.1, 0.15) is 11.3 Å². The van der Waals surface area contributed by atoms with Crippen LogP contribution in [0.2, 0.25) is 0 Å². The van der Waals surface area contributed by atoms with Crippen LogP contribution in [-0.4, -0.2) is 4.57 Å². The maximum Gasteiger partial charge on any atom is 0.252 e. The first kappa shape index (κ1) is 12.4. The monoisotopic (exact) mass is 244 g/mol. The van der Waals surface area contributed by atoms with Gasteiger partial charge in [0.15, 0.2) is 0 Å². The van der Waals surface area contributed by atoms with E-state index in [1.807, 2.05) is 37.3 Å². The minimum atomic E-state index is -0.102. The molecule has 2 N–H and O–H groups in total. The predicted octanol–water partition coefficient (Wildman–Crippen LogP) is 1.91. The molecule has 0 aliphatic heterocycles. The van der Waals surface area contributed by atoms with Crippen LogP contribution in [-0.2, 0) is 18.1 Å². The van der Waals surface area contributed by atoms with Gasteiger partial charge in [0.2, 0.25) is 0 Å². The lowest BCUT2D eigenvalue weighted by atomic mass is 10.2. The van der Waals surface area contributed by atoms with E-state index in [1.54, 1.807) is 6.07 Å². The van der Waals surface area contributed by atoms with Gasteiger partial charge in [-0.3, -0.25) is 9.36 Å². The summed E-state index contributed by atoms with van der Waals surface area (Å²) < 4.78 is 7.06. The second kappa shape index (κ2) is 5.51. The van der Waals surface area contributed by atoms with Crippen LogP contribution in [0.25, 0.3) is 0 Å². The molecule has 1 aromatic carbocycles. The van der Waals surface area contributed by atoms with Crippen molar-refractivity contribution >= 4 is 5.69 Å². The molecule has 0 fully saturated rings. The van der Waals surface area contributed by atoms with Gasteiger partial charge in [0.05, 0.1) is 12.3 Å². The number of nitrogens with zero attached hydrogens (tertiary/aromatic N) is 1. The molecule has 0 saturated heterocycles. The smallest absolute Gasteiger partial charge is 0.252 e. The Morgan fingerprint density at radius 2 is 1.89 bits per heavy atom. The van der Waals surface area contributed by atoms with Crippen LogP contribution in [0.5, 0.6) is 0 Å². The molecule has 0 bridgehead atoms. The number of nitrogen functional groups attached to an aromatic ring is 1. The molecule has 1 heterocycles. The fraction of sp³-hybridized carbons (Fsp3) is 0.214. The summed E-state index contributed by atoms with van der Waals surface area (Å²) in [6.07, 6.45) is 0. The lowest BCUT2D eigenvalue weighted by molar-refractivity contribution is 0.0606. The average Bonchev–Trinajstić information content (AvgIpc) is 2.39.